The van der Waals surface area contributed by atoms with E-state index in [1.54, 1.807) is 4.68 Å². The molecule has 2 heterocycles. The molecule has 0 saturated carbocycles. The van der Waals surface area contributed by atoms with Gasteiger partial charge < -0.3 is 9.88 Å². The van der Waals surface area contributed by atoms with E-state index >= 15 is 0 Å². The van der Waals surface area contributed by atoms with E-state index < -0.39 is 0 Å². The van der Waals surface area contributed by atoms with Crippen LogP contribution in [0.15, 0.2) is 42.5 Å². The second-order valence-corrected chi connectivity index (χ2v) is 6.86. The molecule has 4 rings (SSSR count). The van der Waals surface area contributed by atoms with Gasteiger partial charge in [-0.2, -0.15) is 0 Å². The highest BCUT2D eigenvalue weighted by molar-refractivity contribution is 6.05. The average Bonchev–Trinajstić information content (AvgIpc) is 3.30. The van der Waals surface area contributed by atoms with Crippen molar-refractivity contribution in [2.45, 2.75) is 40.3 Å². The molecule has 1 amide bonds. The lowest BCUT2D eigenvalue weighted by Gasteiger charge is -2.08. The highest BCUT2D eigenvalue weighted by Gasteiger charge is 2.11. The van der Waals surface area contributed by atoms with E-state index in [0.717, 1.165) is 46.9 Å². The average molecular weight is 389 g/mol. The van der Waals surface area contributed by atoms with Crippen molar-refractivity contribution in [3.63, 3.8) is 0 Å². The zero-order valence-corrected chi connectivity index (χ0v) is 16.8. The standard InChI is InChI=1S/C21H23N7O/c1-4-20-23-18-12-17(10-11-19(18)27(20)5-2)22-21(29)16-8-6-15(7-9-16)13-28-14(3)24-25-26-28/h6-12H,4-5,13H2,1-3H3,(H,22,29). The molecule has 2 aromatic carbocycles. The van der Waals surface area contributed by atoms with Gasteiger partial charge in [-0.25, -0.2) is 9.67 Å². The largest absolute Gasteiger partial charge is 0.328 e. The molecule has 2 aromatic heterocycles. The van der Waals surface area contributed by atoms with Gasteiger partial charge in [-0.3, -0.25) is 4.79 Å². The summed E-state index contributed by atoms with van der Waals surface area (Å²) in [6.07, 6.45) is 0.876. The van der Waals surface area contributed by atoms with Crippen LogP contribution in [0.3, 0.4) is 0 Å². The molecule has 0 aliphatic rings. The fraction of sp³-hybridized carbons (Fsp3) is 0.286. The summed E-state index contributed by atoms with van der Waals surface area (Å²) in [7, 11) is 0. The Morgan fingerprint density at radius 1 is 1.10 bits per heavy atom. The Hall–Kier alpha value is -3.55. The first-order valence-electron chi connectivity index (χ1n) is 9.71. The zero-order chi connectivity index (χ0) is 20.4. The molecule has 1 N–H and O–H groups in total. The summed E-state index contributed by atoms with van der Waals surface area (Å²) in [4.78, 5) is 17.3. The van der Waals surface area contributed by atoms with Gasteiger partial charge in [-0.05, 0) is 60.2 Å². The molecule has 0 aliphatic carbocycles. The number of fused-ring (bicyclic) bond motifs is 1. The van der Waals surface area contributed by atoms with E-state index in [1.165, 1.54) is 0 Å². The highest BCUT2D eigenvalue weighted by atomic mass is 16.1. The Kier molecular flexibility index (Phi) is 5.07. The third kappa shape index (κ3) is 3.73. The van der Waals surface area contributed by atoms with Gasteiger partial charge in [-0.15, -0.1) is 5.10 Å². The molecule has 4 aromatic rings. The number of hydrogen-bond acceptors (Lipinski definition) is 5. The quantitative estimate of drug-likeness (QED) is 0.547. The first-order valence-corrected chi connectivity index (χ1v) is 9.71. The minimum absolute atomic E-state index is 0.153. The maximum absolute atomic E-state index is 12.6. The number of nitrogens with one attached hydrogen (secondary N) is 1. The number of benzene rings is 2. The second-order valence-electron chi connectivity index (χ2n) is 6.86. The van der Waals surface area contributed by atoms with Crippen molar-refractivity contribution in [3.05, 3.63) is 65.2 Å². The number of carbonyl (C=O) groups is 1. The van der Waals surface area contributed by atoms with Crippen molar-refractivity contribution in [1.29, 1.82) is 0 Å². The number of imidazole rings is 1. The molecule has 0 radical (unpaired) electrons. The molecular weight excluding hydrogens is 366 g/mol. The van der Waals surface area contributed by atoms with Crippen LogP contribution in [-0.4, -0.2) is 35.7 Å². The molecule has 0 fully saturated rings. The summed E-state index contributed by atoms with van der Waals surface area (Å²) < 4.78 is 3.91. The van der Waals surface area contributed by atoms with Crippen LogP contribution in [0.25, 0.3) is 11.0 Å². The van der Waals surface area contributed by atoms with Crippen molar-refractivity contribution in [2.75, 3.05) is 5.32 Å². The van der Waals surface area contributed by atoms with Crippen LogP contribution in [0.2, 0.25) is 0 Å². The molecule has 0 spiro atoms. The number of rotatable bonds is 6. The van der Waals surface area contributed by atoms with Crippen LogP contribution in [0.5, 0.6) is 0 Å². The van der Waals surface area contributed by atoms with E-state index in [2.05, 4.69) is 39.3 Å². The SMILES string of the molecule is CCc1nc2cc(NC(=O)c3ccc(Cn4nnnc4C)cc3)ccc2n1CC. The van der Waals surface area contributed by atoms with Crippen molar-refractivity contribution in [1.82, 2.24) is 29.8 Å². The van der Waals surface area contributed by atoms with Crippen LogP contribution in [0, 0.1) is 6.92 Å². The maximum Gasteiger partial charge on any atom is 0.255 e. The number of carbonyl (C=O) groups excluding carboxylic acids is 1. The van der Waals surface area contributed by atoms with Gasteiger partial charge in [0, 0.05) is 24.2 Å². The lowest BCUT2D eigenvalue weighted by Crippen LogP contribution is -2.12. The Labute approximate surface area is 168 Å². The van der Waals surface area contributed by atoms with E-state index in [9.17, 15) is 4.79 Å². The van der Waals surface area contributed by atoms with Gasteiger partial charge in [0.15, 0.2) is 0 Å². The highest BCUT2D eigenvalue weighted by Crippen LogP contribution is 2.21. The number of anilines is 1. The molecule has 0 atom stereocenters. The van der Waals surface area contributed by atoms with Crippen molar-refractivity contribution < 1.29 is 4.79 Å². The predicted molar refractivity (Wildman–Crippen MR) is 111 cm³/mol. The van der Waals surface area contributed by atoms with Crippen LogP contribution < -0.4 is 5.32 Å². The van der Waals surface area contributed by atoms with Gasteiger partial charge >= 0.3 is 0 Å². The van der Waals surface area contributed by atoms with Crippen LogP contribution in [0.1, 0.15) is 41.4 Å². The molecule has 0 bridgehead atoms. The lowest BCUT2D eigenvalue weighted by molar-refractivity contribution is 0.102. The van der Waals surface area contributed by atoms with Gasteiger partial charge in [0.05, 0.1) is 17.6 Å². The predicted octanol–water partition coefficient (Wildman–Crippen LogP) is 3.21. The molecule has 0 unspecified atom stereocenters. The smallest absolute Gasteiger partial charge is 0.255 e. The van der Waals surface area contributed by atoms with Crippen molar-refractivity contribution >= 4 is 22.6 Å². The van der Waals surface area contributed by atoms with Crippen LogP contribution in [-0.2, 0) is 19.5 Å². The minimum Gasteiger partial charge on any atom is -0.328 e. The van der Waals surface area contributed by atoms with Gasteiger partial charge in [0.1, 0.15) is 11.6 Å². The van der Waals surface area contributed by atoms with Crippen molar-refractivity contribution in [2.24, 2.45) is 0 Å². The Morgan fingerprint density at radius 3 is 2.55 bits per heavy atom. The van der Waals surface area contributed by atoms with E-state index in [-0.39, 0.29) is 5.91 Å². The van der Waals surface area contributed by atoms with E-state index in [0.29, 0.717) is 12.1 Å². The number of tetrazole rings is 1. The second kappa shape index (κ2) is 7.83. The Balaban J connectivity index is 1.49. The van der Waals surface area contributed by atoms with Gasteiger partial charge in [-0.1, -0.05) is 19.1 Å². The number of aromatic nitrogens is 6. The number of aryl methyl sites for hydroxylation is 3. The Morgan fingerprint density at radius 2 is 1.90 bits per heavy atom. The topological polar surface area (TPSA) is 90.5 Å². The summed E-state index contributed by atoms with van der Waals surface area (Å²) in [6, 6.07) is 13.3. The van der Waals surface area contributed by atoms with Crippen molar-refractivity contribution in [3.8, 4) is 0 Å². The number of amides is 1. The fourth-order valence-electron chi connectivity index (χ4n) is 3.41. The number of hydrogen-bond donors (Lipinski definition) is 1. The fourth-order valence-corrected chi connectivity index (χ4v) is 3.41. The first-order chi connectivity index (χ1) is 14.1. The monoisotopic (exact) mass is 389 g/mol. The maximum atomic E-state index is 12.6. The summed E-state index contributed by atoms with van der Waals surface area (Å²) in [5, 5.41) is 14.4. The molecule has 0 aliphatic heterocycles. The molecule has 29 heavy (non-hydrogen) atoms. The van der Waals surface area contributed by atoms with E-state index in [1.807, 2.05) is 49.4 Å². The summed E-state index contributed by atoms with van der Waals surface area (Å²) in [6.45, 7) is 7.51. The molecule has 148 valence electrons. The normalized spacial score (nSPS) is 11.1. The zero-order valence-electron chi connectivity index (χ0n) is 16.8. The third-order valence-electron chi connectivity index (χ3n) is 4.98. The first kappa shape index (κ1) is 18.8. The number of nitrogens with zero attached hydrogens (tertiary/aromatic N) is 6. The van der Waals surface area contributed by atoms with Gasteiger partial charge in [0.2, 0.25) is 0 Å². The summed E-state index contributed by atoms with van der Waals surface area (Å²) in [5.74, 6) is 1.65. The van der Waals surface area contributed by atoms with Crippen LogP contribution >= 0.6 is 0 Å². The van der Waals surface area contributed by atoms with E-state index in [4.69, 9.17) is 4.98 Å². The minimum atomic E-state index is -0.153. The molecule has 0 saturated heterocycles. The lowest BCUT2D eigenvalue weighted by atomic mass is 10.1. The third-order valence-corrected chi connectivity index (χ3v) is 4.98. The molecular formula is C21H23N7O. The Bertz CT molecular complexity index is 1160. The molecule has 8 heteroatoms. The summed E-state index contributed by atoms with van der Waals surface area (Å²) in [5.41, 5.74) is 4.34. The molecule has 8 nitrogen and oxygen atoms in total. The summed E-state index contributed by atoms with van der Waals surface area (Å²) >= 11 is 0. The van der Waals surface area contributed by atoms with Gasteiger partial charge in [0.25, 0.3) is 5.91 Å². The van der Waals surface area contributed by atoms with Crippen LogP contribution in [0.4, 0.5) is 5.69 Å².